The Hall–Kier alpha value is -2.89. The molecule has 0 saturated heterocycles. The third-order valence-electron chi connectivity index (χ3n) is 2.93. The summed E-state index contributed by atoms with van der Waals surface area (Å²) in [5.41, 5.74) is 6.73. The molecule has 2 rings (SSSR count). The molecule has 0 atom stereocenters. The number of anilines is 1. The molecule has 0 aromatic heterocycles. The average Bonchev–Trinajstić information content (AvgIpc) is 2.57. The van der Waals surface area contributed by atoms with E-state index in [9.17, 15) is 9.18 Å². The number of ether oxygens (including phenoxy) is 1. The van der Waals surface area contributed by atoms with E-state index in [4.69, 9.17) is 4.74 Å². The Balaban J connectivity index is 2.08. The number of hydrogen-bond acceptors (Lipinski definition) is 4. The fraction of sp³-hybridized carbons (Fsp3) is 0.176. The number of para-hydroxylation sites is 1. The predicted octanol–water partition coefficient (Wildman–Crippen LogP) is 2.90. The van der Waals surface area contributed by atoms with Crippen molar-refractivity contribution in [3.8, 4) is 0 Å². The van der Waals surface area contributed by atoms with Gasteiger partial charge in [-0.1, -0.05) is 36.4 Å². The van der Waals surface area contributed by atoms with Crippen molar-refractivity contribution in [2.24, 2.45) is 4.99 Å². The van der Waals surface area contributed by atoms with E-state index in [1.54, 1.807) is 25.1 Å². The molecule has 23 heavy (non-hydrogen) atoms. The predicted molar refractivity (Wildman–Crippen MR) is 87.4 cm³/mol. The van der Waals surface area contributed by atoms with Crippen molar-refractivity contribution in [3.05, 3.63) is 66.0 Å². The van der Waals surface area contributed by atoms with Crippen LogP contribution in [0.1, 0.15) is 12.5 Å². The van der Waals surface area contributed by atoms with Crippen LogP contribution < -0.4 is 10.9 Å². The van der Waals surface area contributed by atoms with Crippen LogP contribution >= 0.6 is 0 Å². The number of benzene rings is 2. The highest BCUT2D eigenvalue weighted by Gasteiger charge is 2.12. The van der Waals surface area contributed by atoms with Crippen LogP contribution in [0.4, 0.5) is 10.1 Å². The quantitative estimate of drug-likeness (QED) is 0.385. The molecule has 0 aliphatic carbocycles. The SMILES string of the molecule is CCOC(=O)C(=NCc1ccccc1F)NNc1ccccc1. The monoisotopic (exact) mass is 315 g/mol. The summed E-state index contributed by atoms with van der Waals surface area (Å²) in [6, 6.07) is 15.5. The largest absolute Gasteiger partial charge is 0.460 e. The maximum Gasteiger partial charge on any atom is 0.375 e. The molecule has 0 bridgehead atoms. The second-order valence-corrected chi connectivity index (χ2v) is 4.59. The molecule has 0 amide bonds. The van der Waals surface area contributed by atoms with E-state index in [-0.39, 0.29) is 24.8 Å². The smallest absolute Gasteiger partial charge is 0.375 e. The molecule has 0 heterocycles. The summed E-state index contributed by atoms with van der Waals surface area (Å²) in [4.78, 5) is 16.0. The summed E-state index contributed by atoms with van der Waals surface area (Å²) in [6.07, 6.45) is 0. The van der Waals surface area contributed by atoms with Gasteiger partial charge in [0, 0.05) is 5.56 Å². The highest BCUT2D eigenvalue weighted by Crippen LogP contribution is 2.08. The minimum atomic E-state index is -0.604. The van der Waals surface area contributed by atoms with Gasteiger partial charge in [0.2, 0.25) is 5.84 Å². The van der Waals surface area contributed by atoms with Gasteiger partial charge >= 0.3 is 5.97 Å². The zero-order chi connectivity index (χ0) is 16.5. The number of amidine groups is 1. The van der Waals surface area contributed by atoms with Gasteiger partial charge in [-0.25, -0.2) is 9.18 Å². The molecule has 0 unspecified atom stereocenters. The molecule has 0 aliphatic heterocycles. The van der Waals surface area contributed by atoms with Crippen molar-refractivity contribution < 1.29 is 13.9 Å². The van der Waals surface area contributed by atoms with E-state index in [2.05, 4.69) is 15.8 Å². The Morgan fingerprint density at radius 1 is 1.13 bits per heavy atom. The number of hydrazine groups is 1. The van der Waals surface area contributed by atoms with Gasteiger partial charge in [0.15, 0.2) is 0 Å². The number of carbonyl (C=O) groups is 1. The van der Waals surface area contributed by atoms with E-state index in [1.807, 2.05) is 30.3 Å². The van der Waals surface area contributed by atoms with E-state index >= 15 is 0 Å². The molecule has 0 radical (unpaired) electrons. The fourth-order valence-corrected chi connectivity index (χ4v) is 1.80. The summed E-state index contributed by atoms with van der Waals surface area (Å²) in [6.45, 7) is 1.96. The van der Waals surface area contributed by atoms with Gasteiger partial charge in [-0.05, 0) is 25.1 Å². The number of rotatable bonds is 5. The molecular weight excluding hydrogens is 297 g/mol. The van der Waals surface area contributed by atoms with E-state index in [1.165, 1.54) is 6.07 Å². The van der Waals surface area contributed by atoms with Gasteiger partial charge in [-0.15, -0.1) is 0 Å². The first-order chi connectivity index (χ1) is 11.2. The maximum atomic E-state index is 13.6. The number of esters is 1. The van der Waals surface area contributed by atoms with Gasteiger partial charge in [0.05, 0.1) is 18.8 Å². The number of nitrogens with zero attached hydrogens (tertiary/aromatic N) is 1. The lowest BCUT2D eigenvalue weighted by Crippen LogP contribution is -2.37. The third kappa shape index (κ3) is 5.10. The number of halogens is 1. The van der Waals surface area contributed by atoms with Crippen LogP contribution in [0, 0.1) is 5.82 Å². The second-order valence-electron chi connectivity index (χ2n) is 4.59. The van der Waals surface area contributed by atoms with Crippen molar-refractivity contribution >= 4 is 17.5 Å². The van der Waals surface area contributed by atoms with Crippen molar-refractivity contribution in [3.63, 3.8) is 0 Å². The Kier molecular flexibility index (Phi) is 6.11. The minimum Gasteiger partial charge on any atom is -0.460 e. The zero-order valence-electron chi connectivity index (χ0n) is 12.8. The van der Waals surface area contributed by atoms with Crippen LogP contribution in [0.15, 0.2) is 59.6 Å². The number of hydrogen-bond donors (Lipinski definition) is 2. The summed E-state index contributed by atoms with van der Waals surface area (Å²) >= 11 is 0. The molecule has 0 aliphatic rings. The topological polar surface area (TPSA) is 62.7 Å². The lowest BCUT2D eigenvalue weighted by Gasteiger charge is -2.11. The second kappa shape index (κ2) is 8.53. The summed E-state index contributed by atoms with van der Waals surface area (Å²) in [7, 11) is 0. The van der Waals surface area contributed by atoms with Crippen LogP contribution in [0.3, 0.4) is 0 Å². The lowest BCUT2D eigenvalue weighted by atomic mass is 10.2. The summed E-state index contributed by atoms with van der Waals surface area (Å²) in [5, 5.41) is 0. The third-order valence-corrected chi connectivity index (χ3v) is 2.93. The summed E-state index contributed by atoms with van der Waals surface area (Å²) < 4.78 is 18.6. The zero-order valence-corrected chi connectivity index (χ0v) is 12.8. The van der Waals surface area contributed by atoms with Gasteiger partial charge in [0.1, 0.15) is 5.82 Å². The Morgan fingerprint density at radius 2 is 1.83 bits per heavy atom. The molecule has 2 aromatic carbocycles. The number of nitrogens with one attached hydrogen (secondary N) is 2. The molecule has 0 saturated carbocycles. The van der Waals surface area contributed by atoms with Gasteiger partial charge in [-0.2, -0.15) is 0 Å². The average molecular weight is 315 g/mol. The molecule has 6 heteroatoms. The van der Waals surface area contributed by atoms with Crippen LogP contribution in [-0.2, 0) is 16.1 Å². The standard InChI is InChI=1S/C17H18FN3O2/c1-2-23-17(22)16(21-20-14-9-4-3-5-10-14)19-12-13-8-6-7-11-15(13)18/h3-11,20H,2,12H2,1H3,(H,19,21). The first kappa shape index (κ1) is 16.5. The number of aliphatic imine (C=N–C) groups is 1. The van der Waals surface area contributed by atoms with Gasteiger partial charge < -0.3 is 4.74 Å². The minimum absolute atomic E-state index is 0.0149. The maximum absolute atomic E-state index is 13.6. The van der Waals surface area contributed by atoms with Crippen LogP contribution in [0.5, 0.6) is 0 Å². The fourth-order valence-electron chi connectivity index (χ4n) is 1.80. The van der Waals surface area contributed by atoms with Gasteiger partial charge in [-0.3, -0.25) is 15.8 Å². The first-order valence-electron chi connectivity index (χ1n) is 7.22. The van der Waals surface area contributed by atoms with Crippen LogP contribution in [0.2, 0.25) is 0 Å². The molecule has 5 nitrogen and oxygen atoms in total. The van der Waals surface area contributed by atoms with Crippen molar-refractivity contribution in [2.45, 2.75) is 13.5 Å². The van der Waals surface area contributed by atoms with Crippen molar-refractivity contribution in [1.82, 2.24) is 5.43 Å². The Morgan fingerprint density at radius 3 is 2.52 bits per heavy atom. The van der Waals surface area contributed by atoms with Crippen molar-refractivity contribution in [2.75, 3.05) is 12.0 Å². The molecule has 2 N–H and O–H groups in total. The summed E-state index contributed by atoms with van der Waals surface area (Å²) in [5.74, 6) is -0.985. The van der Waals surface area contributed by atoms with Crippen LogP contribution in [-0.4, -0.2) is 18.4 Å². The Bertz CT molecular complexity index is 675. The van der Waals surface area contributed by atoms with E-state index < -0.39 is 5.97 Å². The molecular formula is C17H18FN3O2. The lowest BCUT2D eigenvalue weighted by molar-refractivity contribution is -0.135. The molecule has 120 valence electrons. The van der Waals surface area contributed by atoms with Gasteiger partial charge in [0.25, 0.3) is 0 Å². The van der Waals surface area contributed by atoms with E-state index in [0.717, 1.165) is 5.69 Å². The first-order valence-corrected chi connectivity index (χ1v) is 7.22. The Labute approximate surface area is 134 Å². The number of carbonyl (C=O) groups excluding carboxylic acids is 1. The van der Waals surface area contributed by atoms with Crippen molar-refractivity contribution in [1.29, 1.82) is 0 Å². The highest BCUT2D eigenvalue weighted by atomic mass is 19.1. The van der Waals surface area contributed by atoms with E-state index in [0.29, 0.717) is 5.56 Å². The molecule has 2 aromatic rings. The molecule has 0 fully saturated rings. The van der Waals surface area contributed by atoms with Crippen LogP contribution in [0.25, 0.3) is 0 Å². The molecule has 0 spiro atoms. The highest BCUT2D eigenvalue weighted by molar-refractivity contribution is 6.35. The normalized spacial score (nSPS) is 11.0.